The highest BCUT2D eigenvalue weighted by molar-refractivity contribution is 5.79. The largest absolute Gasteiger partial charge is 0.356 e. The van der Waals surface area contributed by atoms with E-state index in [1.807, 2.05) is 7.05 Å². The fraction of sp³-hybridized carbons (Fsp3) is 0.947. The molecule has 0 aliphatic carbocycles. The molecule has 0 aromatic heterocycles. The molecule has 2 atom stereocenters. The summed E-state index contributed by atoms with van der Waals surface area (Å²) in [4.78, 5) is 12.1. The molecule has 140 valence electrons. The first-order valence-electron chi connectivity index (χ1n) is 10.0. The van der Waals surface area contributed by atoms with Gasteiger partial charge in [0.2, 0.25) is 0 Å². The highest BCUT2D eigenvalue weighted by Crippen LogP contribution is 2.20. The Morgan fingerprint density at radius 2 is 1.62 bits per heavy atom. The molecule has 2 unspecified atom stereocenters. The third-order valence-electron chi connectivity index (χ3n) is 5.48. The number of likely N-dealkylation sites (N-methyl/N-ethyl adjacent to an activating group) is 1. The van der Waals surface area contributed by atoms with Crippen LogP contribution in [0.4, 0.5) is 0 Å². The number of hydrogen-bond acceptors (Lipinski definition) is 3. The second-order valence-corrected chi connectivity index (χ2v) is 7.81. The quantitative estimate of drug-likeness (QED) is 0.456. The van der Waals surface area contributed by atoms with Crippen molar-refractivity contribution >= 4 is 5.96 Å². The topological polar surface area (TPSA) is 34.1 Å². The summed E-state index contributed by atoms with van der Waals surface area (Å²) in [5.74, 6) is 2.65. The SMILES string of the molecule is CCN1CCN(CCCCNC(=NC)N2CC(C)CC(C)C2)CC1. The first kappa shape index (κ1) is 19.5. The summed E-state index contributed by atoms with van der Waals surface area (Å²) in [5, 5.41) is 3.58. The summed E-state index contributed by atoms with van der Waals surface area (Å²) in [7, 11) is 1.92. The van der Waals surface area contributed by atoms with Gasteiger partial charge in [0.05, 0.1) is 0 Å². The molecule has 2 fully saturated rings. The van der Waals surface area contributed by atoms with Gasteiger partial charge >= 0.3 is 0 Å². The maximum atomic E-state index is 4.50. The lowest BCUT2D eigenvalue weighted by Gasteiger charge is -2.37. The van der Waals surface area contributed by atoms with Gasteiger partial charge in [-0.15, -0.1) is 0 Å². The maximum absolute atomic E-state index is 4.50. The van der Waals surface area contributed by atoms with Crippen molar-refractivity contribution in [2.24, 2.45) is 16.8 Å². The number of rotatable bonds is 6. The highest BCUT2D eigenvalue weighted by Gasteiger charge is 2.23. The fourth-order valence-electron chi connectivity index (χ4n) is 4.16. The van der Waals surface area contributed by atoms with E-state index in [0.29, 0.717) is 0 Å². The number of guanidine groups is 1. The van der Waals surface area contributed by atoms with Crippen LogP contribution in [0.3, 0.4) is 0 Å². The van der Waals surface area contributed by atoms with Crippen molar-refractivity contribution in [1.29, 1.82) is 0 Å². The van der Waals surface area contributed by atoms with Crippen molar-refractivity contribution in [1.82, 2.24) is 20.0 Å². The van der Waals surface area contributed by atoms with Crippen LogP contribution in [-0.4, -0.2) is 86.6 Å². The monoisotopic (exact) mass is 337 g/mol. The van der Waals surface area contributed by atoms with E-state index >= 15 is 0 Å². The predicted molar refractivity (Wildman–Crippen MR) is 104 cm³/mol. The highest BCUT2D eigenvalue weighted by atomic mass is 15.3. The van der Waals surface area contributed by atoms with Crippen molar-refractivity contribution in [3.8, 4) is 0 Å². The third-order valence-corrected chi connectivity index (χ3v) is 5.48. The first-order chi connectivity index (χ1) is 11.6. The van der Waals surface area contributed by atoms with Crippen LogP contribution in [0.25, 0.3) is 0 Å². The van der Waals surface area contributed by atoms with Crippen LogP contribution in [0.15, 0.2) is 4.99 Å². The van der Waals surface area contributed by atoms with Gasteiger partial charge in [0.15, 0.2) is 5.96 Å². The molecule has 0 spiro atoms. The van der Waals surface area contributed by atoms with Gasteiger partial charge in [0, 0.05) is 52.9 Å². The molecule has 2 saturated heterocycles. The van der Waals surface area contributed by atoms with Gasteiger partial charge in [0.1, 0.15) is 0 Å². The van der Waals surface area contributed by atoms with Crippen LogP contribution >= 0.6 is 0 Å². The van der Waals surface area contributed by atoms with Crippen molar-refractivity contribution in [2.75, 3.05) is 66.0 Å². The number of nitrogens with one attached hydrogen (secondary N) is 1. The van der Waals surface area contributed by atoms with E-state index in [4.69, 9.17) is 0 Å². The minimum atomic E-state index is 0.772. The van der Waals surface area contributed by atoms with Gasteiger partial charge in [-0.1, -0.05) is 20.8 Å². The zero-order chi connectivity index (χ0) is 17.4. The van der Waals surface area contributed by atoms with Crippen molar-refractivity contribution in [3.05, 3.63) is 0 Å². The lowest BCUT2D eigenvalue weighted by molar-refractivity contribution is 0.136. The standard InChI is InChI=1S/C19H39N5/c1-5-22-10-12-23(13-11-22)9-7-6-8-21-19(20-4)24-15-17(2)14-18(3)16-24/h17-18H,5-16H2,1-4H3,(H,20,21). The van der Waals surface area contributed by atoms with Crippen LogP contribution in [0.5, 0.6) is 0 Å². The molecule has 1 N–H and O–H groups in total. The van der Waals surface area contributed by atoms with Crippen LogP contribution in [0.2, 0.25) is 0 Å². The molecule has 2 heterocycles. The Morgan fingerprint density at radius 3 is 2.21 bits per heavy atom. The van der Waals surface area contributed by atoms with Crippen molar-refractivity contribution in [3.63, 3.8) is 0 Å². The zero-order valence-corrected chi connectivity index (χ0v) is 16.4. The molecule has 0 aromatic carbocycles. The van der Waals surface area contributed by atoms with E-state index < -0.39 is 0 Å². The summed E-state index contributed by atoms with van der Waals surface area (Å²) in [5.41, 5.74) is 0. The maximum Gasteiger partial charge on any atom is 0.193 e. The van der Waals surface area contributed by atoms with Crippen LogP contribution in [-0.2, 0) is 0 Å². The van der Waals surface area contributed by atoms with E-state index in [9.17, 15) is 0 Å². The normalized spacial score (nSPS) is 27.5. The first-order valence-corrected chi connectivity index (χ1v) is 10.0. The molecule has 24 heavy (non-hydrogen) atoms. The minimum absolute atomic E-state index is 0.772. The molecule has 0 amide bonds. The van der Waals surface area contributed by atoms with Gasteiger partial charge in [-0.2, -0.15) is 0 Å². The molecule has 2 aliphatic rings. The Bertz CT molecular complexity index is 366. The molecule has 0 bridgehead atoms. The number of aliphatic imine (C=N–C) groups is 1. The van der Waals surface area contributed by atoms with E-state index in [2.05, 4.69) is 45.8 Å². The van der Waals surface area contributed by atoms with E-state index in [1.165, 1.54) is 58.5 Å². The van der Waals surface area contributed by atoms with Gasteiger partial charge in [0.25, 0.3) is 0 Å². The minimum Gasteiger partial charge on any atom is -0.356 e. The molecule has 5 heteroatoms. The molecule has 2 rings (SSSR count). The van der Waals surface area contributed by atoms with Crippen molar-refractivity contribution in [2.45, 2.75) is 40.0 Å². The number of nitrogens with zero attached hydrogens (tertiary/aromatic N) is 4. The Labute approximate surface area is 149 Å². The van der Waals surface area contributed by atoms with Crippen molar-refractivity contribution < 1.29 is 0 Å². The lowest BCUT2D eigenvalue weighted by Crippen LogP contribution is -2.48. The average molecular weight is 338 g/mol. The molecule has 5 nitrogen and oxygen atoms in total. The predicted octanol–water partition coefficient (Wildman–Crippen LogP) is 1.96. The summed E-state index contributed by atoms with van der Waals surface area (Å²) in [6.45, 7) is 17.7. The second kappa shape index (κ2) is 10.2. The summed E-state index contributed by atoms with van der Waals surface area (Å²) in [6, 6.07) is 0. The van der Waals surface area contributed by atoms with Crippen LogP contribution in [0.1, 0.15) is 40.0 Å². The molecular weight excluding hydrogens is 298 g/mol. The number of unbranched alkanes of at least 4 members (excludes halogenated alkanes) is 1. The zero-order valence-electron chi connectivity index (χ0n) is 16.4. The number of hydrogen-bond donors (Lipinski definition) is 1. The smallest absolute Gasteiger partial charge is 0.193 e. The number of piperazine rings is 1. The van der Waals surface area contributed by atoms with Gasteiger partial charge in [-0.25, -0.2) is 0 Å². The van der Waals surface area contributed by atoms with Gasteiger partial charge in [-0.3, -0.25) is 4.99 Å². The third kappa shape index (κ3) is 6.25. The molecule has 0 saturated carbocycles. The second-order valence-electron chi connectivity index (χ2n) is 7.81. The Morgan fingerprint density at radius 1 is 1.00 bits per heavy atom. The summed E-state index contributed by atoms with van der Waals surface area (Å²) < 4.78 is 0. The number of likely N-dealkylation sites (tertiary alicyclic amines) is 1. The van der Waals surface area contributed by atoms with Gasteiger partial charge < -0.3 is 20.0 Å². The molecule has 2 aliphatic heterocycles. The molecular formula is C19H39N5. The van der Waals surface area contributed by atoms with E-state index in [-0.39, 0.29) is 0 Å². The molecule has 0 radical (unpaired) electrons. The fourth-order valence-corrected chi connectivity index (χ4v) is 4.16. The van der Waals surface area contributed by atoms with Gasteiger partial charge in [-0.05, 0) is 44.2 Å². The van der Waals surface area contributed by atoms with Crippen LogP contribution < -0.4 is 5.32 Å². The number of piperidine rings is 1. The Kier molecular flexibility index (Phi) is 8.33. The van der Waals surface area contributed by atoms with E-state index in [1.54, 1.807) is 0 Å². The van der Waals surface area contributed by atoms with E-state index in [0.717, 1.165) is 37.4 Å². The molecule has 0 aromatic rings. The summed E-state index contributed by atoms with van der Waals surface area (Å²) in [6.07, 6.45) is 3.85. The average Bonchev–Trinajstić information content (AvgIpc) is 2.57. The summed E-state index contributed by atoms with van der Waals surface area (Å²) >= 11 is 0. The lowest BCUT2D eigenvalue weighted by atomic mass is 9.92. The Hall–Kier alpha value is -0.810. The Balaban J connectivity index is 1.59. The van der Waals surface area contributed by atoms with Crippen LogP contribution in [0, 0.1) is 11.8 Å².